The van der Waals surface area contributed by atoms with Gasteiger partial charge < -0.3 is 4.74 Å². The summed E-state index contributed by atoms with van der Waals surface area (Å²) in [6.07, 6.45) is -8.12. The summed E-state index contributed by atoms with van der Waals surface area (Å²) in [5.41, 5.74) is -1.16. The molecule has 1 aromatic rings. The summed E-state index contributed by atoms with van der Waals surface area (Å²) in [5.74, 6) is -1.10. The number of benzene rings is 1. The van der Waals surface area contributed by atoms with E-state index in [-0.39, 0.29) is 4.90 Å². The molecule has 3 nitrogen and oxygen atoms in total. The molecule has 0 aliphatic rings. The van der Waals surface area contributed by atoms with E-state index in [1.165, 1.54) is 13.8 Å². The first kappa shape index (κ1) is 18.7. The van der Waals surface area contributed by atoms with Crippen molar-refractivity contribution in [2.75, 3.05) is 5.75 Å². The SMILES string of the molecule is CC(C)(CC(F)F)CS(=O)(=O)c1ccc(OC(F)(F)F)cc1. The summed E-state index contributed by atoms with van der Waals surface area (Å²) in [4.78, 5) is -0.246. The second-order valence-electron chi connectivity index (χ2n) is 5.54. The molecule has 0 saturated heterocycles. The van der Waals surface area contributed by atoms with Crippen LogP contribution in [0.5, 0.6) is 5.75 Å². The molecule has 1 aromatic carbocycles. The van der Waals surface area contributed by atoms with Gasteiger partial charge in [-0.2, -0.15) is 0 Å². The number of alkyl halides is 5. The van der Waals surface area contributed by atoms with E-state index in [4.69, 9.17) is 0 Å². The van der Waals surface area contributed by atoms with Crippen LogP contribution in [0.1, 0.15) is 20.3 Å². The molecule has 22 heavy (non-hydrogen) atoms. The monoisotopic (exact) mass is 346 g/mol. The van der Waals surface area contributed by atoms with Gasteiger partial charge in [0.05, 0.1) is 10.6 Å². The number of ether oxygens (including phenoxy) is 1. The van der Waals surface area contributed by atoms with Crippen molar-refractivity contribution in [1.29, 1.82) is 0 Å². The summed E-state index contributed by atoms with van der Waals surface area (Å²) in [5, 5.41) is 0. The number of hydrogen-bond donors (Lipinski definition) is 0. The van der Waals surface area contributed by atoms with Crippen molar-refractivity contribution in [3.05, 3.63) is 24.3 Å². The Labute approximate surface area is 125 Å². The molecular formula is C13H15F5O3S. The van der Waals surface area contributed by atoms with Crippen molar-refractivity contribution >= 4 is 9.84 Å². The Morgan fingerprint density at radius 1 is 1.09 bits per heavy atom. The van der Waals surface area contributed by atoms with Crippen molar-refractivity contribution in [1.82, 2.24) is 0 Å². The largest absolute Gasteiger partial charge is 0.573 e. The third kappa shape index (κ3) is 6.17. The minimum atomic E-state index is -4.88. The molecular weight excluding hydrogens is 331 g/mol. The van der Waals surface area contributed by atoms with Crippen LogP contribution in [-0.4, -0.2) is 27.0 Å². The second kappa shape index (κ2) is 6.39. The summed E-state index contributed by atoms with van der Waals surface area (Å²) < 4.78 is 88.7. The molecule has 0 aliphatic heterocycles. The molecule has 0 fully saturated rings. The fourth-order valence-corrected chi connectivity index (χ4v) is 3.79. The molecule has 0 spiro atoms. The van der Waals surface area contributed by atoms with Gasteiger partial charge in [-0.1, -0.05) is 13.8 Å². The molecule has 0 radical (unpaired) electrons. The molecule has 0 heterocycles. The highest BCUT2D eigenvalue weighted by atomic mass is 32.2. The molecule has 0 N–H and O–H groups in total. The van der Waals surface area contributed by atoms with Gasteiger partial charge in [-0.25, -0.2) is 17.2 Å². The summed E-state index contributed by atoms with van der Waals surface area (Å²) in [6.45, 7) is 2.77. The lowest BCUT2D eigenvalue weighted by molar-refractivity contribution is -0.274. The maximum Gasteiger partial charge on any atom is 0.573 e. The van der Waals surface area contributed by atoms with Crippen molar-refractivity contribution in [3.8, 4) is 5.75 Å². The first-order valence-electron chi connectivity index (χ1n) is 6.17. The van der Waals surface area contributed by atoms with Crippen LogP contribution in [0.3, 0.4) is 0 Å². The molecule has 9 heteroatoms. The van der Waals surface area contributed by atoms with Crippen LogP contribution in [0.4, 0.5) is 22.0 Å². The van der Waals surface area contributed by atoms with Gasteiger partial charge in [0.15, 0.2) is 9.84 Å². The second-order valence-corrected chi connectivity index (χ2v) is 7.53. The van der Waals surface area contributed by atoms with E-state index in [9.17, 15) is 30.4 Å². The van der Waals surface area contributed by atoms with Crippen LogP contribution < -0.4 is 4.74 Å². The highest BCUT2D eigenvalue weighted by Crippen LogP contribution is 2.30. The van der Waals surface area contributed by atoms with E-state index in [2.05, 4.69) is 4.74 Å². The summed E-state index contributed by atoms with van der Waals surface area (Å²) in [6, 6.07) is 3.63. The summed E-state index contributed by atoms with van der Waals surface area (Å²) in [7, 11) is -3.89. The molecule has 0 atom stereocenters. The van der Waals surface area contributed by atoms with Crippen LogP contribution in [-0.2, 0) is 9.84 Å². The third-order valence-electron chi connectivity index (χ3n) is 2.70. The fourth-order valence-electron chi connectivity index (χ4n) is 1.92. The Bertz CT molecular complexity index is 591. The Hall–Kier alpha value is -1.38. The first-order valence-corrected chi connectivity index (χ1v) is 7.83. The average Bonchev–Trinajstić information content (AvgIpc) is 2.23. The molecule has 0 aliphatic carbocycles. The smallest absolute Gasteiger partial charge is 0.406 e. The summed E-state index contributed by atoms with van der Waals surface area (Å²) >= 11 is 0. The van der Waals surface area contributed by atoms with Gasteiger partial charge in [-0.3, -0.25) is 0 Å². The maximum absolute atomic E-state index is 12.4. The topological polar surface area (TPSA) is 43.4 Å². The van der Waals surface area contributed by atoms with E-state index in [0.717, 1.165) is 24.3 Å². The number of halogens is 5. The van der Waals surface area contributed by atoms with Gasteiger partial charge in [0.25, 0.3) is 0 Å². The zero-order chi connectivity index (χ0) is 17.2. The molecule has 0 aromatic heterocycles. The van der Waals surface area contributed by atoms with Gasteiger partial charge >= 0.3 is 6.36 Å². The normalized spacial score (nSPS) is 13.5. The van der Waals surface area contributed by atoms with Crippen molar-refractivity contribution in [2.45, 2.75) is 38.0 Å². The van der Waals surface area contributed by atoms with Crippen LogP contribution in [0, 0.1) is 5.41 Å². The lowest BCUT2D eigenvalue weighted by Gasteiger charge is -2.23. The van der Waals surface area contributed by atoms with Gasteiger partial charge in [-0.05, 0) is 29.7 Å². The van der Waals surface area contributed by atoms with Crippen molar-refractivity contribution in [2.24, 2.45) is 5.41 Å². The Balaban J connectivity index is 2.90. The molecule has 1 rings (SSSR count). The quantitative estimate of drug-likeness (QED) is 0.730. The maximum atomic E-state index is 12.4. The molecule has 0 amide bonds. The zero-order valence-corrected chi connectivity index (χ0v) is 12.6. The third-order valence-corrected chi connectivity index (χ3v) is 4.86. The number of hydrogen-bond acceptors (Lipinski definition) is 3. The molecule has 0 bridgehead atoms. The van der Waals surface area contributed by atoms with E-state index in [1.54, 1.807) is 0 Å². The lowest BCUT2D eigenvalue weighted by Crippen LogP contribution is -2.26. The standard InChI is InChI=1S/C13H15F5O3S/c1-12(2,7-11(14)15)8-22(19,20)10-5-3-9(4-6-10)21-13(16,17)18/h3-6,11H,7-8H2,1-2H3. The van der Waals surface area contributed by atoms with Crippen LogP contribution in [0.2, 0.25) is 0 Å². The van der Waals surface area contributed by atoms with E-state index in [0.29, 0.717) is 0 Å². The van der Waals surface area contributed by atoms with E-state index >= 15 is 0 Å². The molecule has 0 saturated carbocycles. The predicted molar refractivity (Wildman–Crippen MR) is 69.6 cm³/mol. The van der Waals surface area contributed by atoms with Gasteiger partial charge in [0.1, 0.15) is 5.75 Å². The van der Waals surface area contributed by atoms with E-state index in [1.807, 2.05) is 0 Å². The average molecular weight is 346 g/mol. The Kier molecular flexibility index (Phi) is 5.42. The number of sulfone groups is 1. The van der Waals surface area contributed by atoms with Gasteiger partial charge in [0, 0.05) is 6.42 Å². The van der Waals surface area contributed by atoms with Crippen LogP contribution >= 0.6 is 0 Å². The Morgan fingerprint density at radius 3 is 2.00 bits per heavy atom. The zero-order valence-electron chi connectivity index (χ0n) is 11.8. The van der Waals surface area contributed by atoms with Gasteiger partial charge in [0.2, 0.25) is 6.43 Å². The van der Waals surface area contributed by atoms with Crippen LogP contribution in [0.25, 0.3) is 0 Å². The van der Waals surface area contributed by atoms with Gasteiger partial charge in [-0.15, -0.1) is 13.2 Å². The number of rotatable bonds is 6. The minimum absolute atomic E-state index is 0.246. The fraction of sp³-hybridized carbons (Fsp3) is 0.538. The van der Waals surface area contributed by atoms with Crippen molar-refractivity contribution in [3.63, 3.8) is 0 Å². The lowest BCUT2D eigenvalue weighted by atomic mass is 9.92. The van der Waals surface area contributed by atoms with Crippen LogP contribution in [0.15, 0.2) is 29.2 Å². The predicted octanol–water partition coefficient (Wildman–Crippen LogP) is 4.04. The highest BCUT2D eigenvalue weighted by Gasteiger charge is 2.32. The highest BCUT2D eigenvalue weighted by molar-refractivity contribution is 7.91. The first-order chi connectivity index (χ1) is 9.81. The minimum Gasteiger partial charge on any atom is -0.406 e. The Morgan fingerprint density at radius 2 is 1.59 bits per heavy atom. The van der Waals surface area contributed by atoms with Crippen molar-refractivity contribution < 1.29 is 35.1 Å². The molecule has 0 unspecified atom stereocenters. The van der Waals surface area contributed by atoms with E-state index < -0.39 is 46.0 Å². The molecule has 126 valence electrons.